The maximum Gasteiger partial charge on any atom is 0.309 e. The van der Waals surface area contributed by atoms with Crippen molar-refractivity contribution in [3.63, 3.8) is 0 Å². The molecule has 4 heteroatoms. The number of carbonyl (C=O) groups excluding carboxylic acids is 1. The third kappa shape index (κ3) is 3.64. The van der Waals surface area contributed by atoms with Gasteiger partial charge in [-0.15, -0.1) is 0 Å². The van der Waals surface area contributed by atoms with E-state index >= 15 is 0 Å². The van der Waals surface area contributed by atoms with Crippen molar-refractivity contribution in [1.29, 1.82) is 0 Å². The molecule has 0 radical (unpaired) electrons. The average Bonchev–Trinajstić information content (AvgIpc) is 3.04. The van der Waals surface area contributed by atoms with Crippen LogP contribution >= 0.6 is 0 Å². The highest BCUT2D eigenvalue weighted by Gasteiger charge is 2.64. The Bertz CT molecular complexity index is 636. The number of hydrogen-bond donors (Lipinski definition) is 2. The first kappa shape index (κ1) is 22.6. The van der Waals surface area contributed by atoms with Crippen molar-refractivity contribution in [2.24, 2.45) is 46.3 Å². The fraction of sp³-hybridized carbons (Fsp3) is 0.962. The average molecular weight is 420 g/mol. The minimum absolute atomic E-state index is 0.0140. The lowest BCUT2D eigenvalue weighted by Gasteiger charge is -2.63. The van der Waals surface area contributed by atoms with Crippen LogP contribution in [0.25, 0.3) is 0 Å². The zero-order chi connectivity index (χ0) is 21.7. The second-order valence-electron chi connectivity index (χ2n) is 12.1. The standard InChI is InChI=1S/C26H45NO3/c1-16(2)11-13-27-22-15-26(4)20(8-9-21(26)24(29)30-5)19-7-6-17-14-18(28)10-12-25(17,3)23(19)22/h16-23,27-28H,6-15H2,1-5H3/t17-,18-,19-,20-,21+,22+,23+,25-,26-/m0/s1. The van der Waals surface area contributed by atoms with Gasteiger partial charge in [-0.05, 0) is 105 Å². The summed E-state index contributed by atoms with van der Waals surface area (Å²) in [6, 6.07) is 0.475. The maximum absolute atomic E-state index is 12.7. The molecule has 2 N–H and O–H groups in total. The lowest BCUT2D eigenvalue weighted by Crippen LogP contribution is -2.62. The van der Waals surface area contributed by atoms with E-state index in [4.69, 9.17) is 4.74 Å². The highest BCUT2D eigenvalue weighted by atomic mass is 16.5. The molecule has 9 atom stereocenters. The zero-order valence-electron chi connectivity index (χ0n) is 20.0. The van der Waals surface area contributed by atoms with Crippen LogP contribution in [0, 0.1) is 46.3 Å². The molecule has 0 heterocycles. The Balaban J connectivity index is 1.65. The summed E-state index contributed by atoms with van der Waals surface area (Å²) in [6.45, 7) is 10.6. The molecule has 0 unspecified atom stereocenters. The molecular formula is C26H45NO3. The number of fused-ring (bicyclic) bond motifs is 5. The first-order valence-electron chi connectivity index (χ1n) is 12.7. The fourth-order valence-electron chi connectivity index (χ4n) is 8.70. The number of nitrogens with one attached hydrogen (secondary N) is 1. The minimum atomic E-state index is -0.101. The van der Waals surface area contributed by atoms with Gasteiger partial charge in [-0.25, -0.2) is 0 Å². The van der Waals surface area contributed by atoms with Crippen LogP contribution < -0.4 is 5.32 Å². The van der Waals surface area contributed by atoms with E-state index in [9.17, 15) is 9.90 Å². The summed E-state index contributed by atoms with van der Waals surface area (Å²) in [5.41, 5.74) is 0.378. The highest BCUT2D eigenvalue weighted by Crippen LogP contribution is 2.67. The van der Waals surface area contributed by atoms with Crippen LogP contribution in [-0.2, 0) is 9.53 Å². The van der Waals surface area contributed by atoms with Gasteiger partial charge in [0.05, 0.1) is 19.1 Å². The van der Waals surface area contributed by atoms with Gasteiger partial charge in [0.2, 0.25) is 0 Å². The van der Waals surface area contributed by atoms with Crippen molar-refractivity contribution >= 4 is 5.97 Å². The Morgan fingerprint density at radius 2 is 1.90 bits per heavy atom. The molecule has 4 fully saturated rings. The smallest absolute Gasteiger partial charge is 0.309 e. The summed E-state index contributed by atoms with van der Waals surface area (Å²) in [7, 11) is 1.56. The monoisotopic (exact) mass is 419 g/mol. The summed E-state index contributed by atoms with van der Waals surface area (Å²) < 4.78 is 5.26. The molecule has 172 valence electrons. The van der Waals surface area contributed by atoms with E-state index < -0.39 is 0 Å². The minimum Gasteiger partial charge on any atom is -0.469 e. The van der Waals surface area contributed by atoms with Crippen molar-refractivity contribution in [2.45, 2.75) is 97.6 Å². The van der Waals surface area contributed by atoms with Gasteiger partial charge >= 0.3 is 5.97 Å². The van der Waals surface area contributed by atoms with Crippen molar-refractivity contribution in [3.8, 4) is 0 Å². The van der Waals surface area contributed by atoms with Crippen LogP contribution in [-0.4, -0.2) is 36.9 Å². The van der Waals surface area contributed by atoms with Crippen molar-refractivity contribution in [3.05, 3.63) is 0 Å². The van der Waals surface area contributed by atoms with Crippen LogP contribution in [0.1, 0.15) is 85.5 Å². The summed E-state index contributed by atoms with van der Waals surface area (Å²) in [5, 5.41) is 14.4. The van der Waals surface area contributed by atoms with Crippen LogP contribution in [0.4, 0.5) is 0 Å². The third-order valence-electron chi connectivity index (χ3n) is 10.2. The molecule has 4 aliphatic rings. The fourth-order valence-corrected chi connectivity index (χ4v) is 8.70. The van der Waals surface area contributed by atoms with E-state index in [1.165, 1.54) is 25.7 Å². The molecule has 0 spiro atoms. The molecule has 0 saturated heterocycles. The topological polar surface area (TPSA) is 58.6 Å². The van der Waals surface area contributed by atoms with E-state index in [0.29, 0.717) is 41.0 Å². The number of rotatable bonds is 5. The van der Waals surface area contributed by atoms with Crippen LogP contribution in [0.5, 0.6) is 0 Å². The van der Waals surface area contributed by atoms with Crippen LogP contribution in [0.2, 0.25) is 0 Å². The summed E-state index contributed by atoms with van der Waals surface area (Å²) in [4.78, 5) is 12.7. The molecule has 0 bridgehead atoms. The molecule has 0 aromatic carbocycles. The van der Waals surface area contributed by atoms with E-state index in [0.717, 1.165) is 38.6 Å². The second-order valence-corrected chi connectivity index (χ2v) is 12.1. The second kappa shape index (κ2) is 8.39. The predicted octanol–water partition coefficient (Wildman–Crippen LogP) is 4.79. The number of aliphatic hydroxyl groups excluding tert-OH is 1. The largest absolute Gasteiger partial charge is 0.469 e. The molecular weight excluding hydrogens is 374 g/mol. The molecule has 0 aromatic rings. The van der Waals surface area contributed by atoms with Gasteiger partial charge in [-0.2, -0.15) is 0 Å². The molecule has 4 aliphatic carbocycles. The molecule has 30 heavy (non-hydrogen) atoms. The van der Waals surface area contributed by atoms with Gasteiger partial charge in [0.1, 0.15) is 0 Å². The first-order valence-corrected chi connectivity index (χ1v) is 12.7. The normalized spacial score (nSPS) is 48.0. The Hall–Kier alpha value is -0.610. The number of methoxy groups -OCH3 is 1. The van der Waals surface area contributed by atoms with Gasteiger partial charge < -0.3 is 15.2 Å². The van der Waals surface area contributed by atoms with E-state index in [-0.39, 0.29) is 23.4 Å². The van der Waals surface area contributed by atoms with Gasteiger partial charge in [0, 0.05) is 6.04 Å². The van der Waals surface area contributed by atoms with Crippen LogP contribution in [0.3, 0.4) is 0 Å². The summed E-state index contributed by atoms with van der Waals surface area (Å²) >= 11 is 0. The Kier molecular flexibility index (Phi) is 6.31. The molecule has 0 aromatic heterocycles. The number of carbonyl (C=O) groups is 1. The predicted molar refractivity (Wildman–Crippen MR) is 120 cm³/mol. The third-order valence-corrected chi connectivity index (χ3v) is 10.2. The van der Waals surface area contributed by atoms with Crippen LogP contribution in [0.15, 0.2) is 0 Å². The van der Waals surface area contributed by atoms with Crippen molar-refractivity contribution in [2.75, 3.05) is 13.7 Å². The number of hydrogen-bond acceptors (Lipinski definition) is 4. The molecule has 0 amide bonds. The summed E-state index contributed by atoms with van der Waals surface area (Å²) in [5.74, 6) is 3.44. The Labute approximate surface area is 183 Å². The summed E-state index contributed by atoms with van der Waals surface area (Å²) in [6.07, 6.45) is 10.0. The van der Waals surface area contributed by atoms with Crippen molar-refractivity contribution < 1.29 is 14.6 Å². The molecule has 4 nitrogen and oxygen atoms in total. The number of aliphatic hydroxyl groups is 1. The SMILES string of the molecule is COC(=O)[C@H]1CC[C@H]2[C@@H]3CC[C@H]4C[C@@H](O)CC[C@]4(C)[C@H]3[C@H](NCCC(C)C)C[C@]12C. The van der Waals surface area contributed by atoms with Gasteiger partial charge in [-0.3, -0.25) is 4.79 Å². The highest BCUT2D eigenvalue weighted by molar-refractivity contribution is 5.74. The van der Waals surface area contributed by atoms with E-state index in [1.807, 2.05) is 0 Å². The van der Waals surface area contributed by atoms with E-state index in [2.05, 4.69) is 33.0 Å². The Morgan fingerprint density at radius 3 is 2.60 bits per heavy atom. The van der Waals surface area contributed by atoms with Gasteiger partial charge in [0.25, 0.3) is 0 Å². The molecule has 0 aliphatic heterocycles. The molecule has 4 saturated carbocycles. The van der Waals surface area contributed by atoms with Crippen molar-refractivity contribution in [1.82, 2.24) is 5.32 Å². The molecule has 4 rings (SSSR count). The number of esters is 1. The zero-order valence-corrected chi connectivity index (χ0v) is 20.0. The first-order chi connectivity index (χ1) is 14.2. The lowest BCUT2D eigenvalue weighted by atomic mass is 9.43. The van der Waals surface area contributed by atoms with Gasteiger partial charge in [0.15, 0.2) is 0 Å². The number of ether oxygens (including phenoxy) is 1. The van der Waals surface area contributed by atoms with Gasteiger partial charge in [-0.1, -0.05) is 27.7 Å². The quantitative estimate of drug-likeness (QED) is 0.629. The lowest BCUT2D eigenvalue weighted by molar-refractivity contribution is -0.161. The Morgan fingerprint density at radius 1 is 1.13 bits per heavy atom. The van der Waals surface area contributed by atoms with E-state index in [1.54, 1.807) is 7.11 Å². The maximum atomic E-state index is 12.7.